The van der Waals surface area contributed by atoms with Gasteiger partial charge < -0.3 is 15.3 Å². The Morgan fingerprint density at radius 1 is 1.60 bits per heavy atom. The van der Waals surface area contributed by atoms with Crippen LogP contribution in [0, 0.1) is 0 Å². The van der Waals surface area contributed by atoms with E-state index in [-0.39, 0.29) is 6.04 Å². The molecule has 0 bridgehead atoms. The minimum Gasteiger partial charge on any atom is -0.378 e. The second-order valence-electron chi connectivity index (χ2n) is 2.09. The lowest BCUT2D eigenvalue weighted by atomic mass is 10.4. The molecule has 0 amide bonds. The number of hydrogen-bond acceptors (Lipinski definition) is 4. The molecule has 0 aliphatic heterocycles. The first-order valence-corrected chi connectivity index (χ1v) is 3.37. The zero-order valence-electron chi connectivity index (χ0n) is 6.59. The Bertz CT molecular complexity index is 70.8. The SMILES string of the molecule is CONC(C)COCCN. The normalized spacial score (nSPS) is 13.5. The minimum absolute atomic E-state index is 0.219. The number of nitrogens with two attached hydrogens (primary N) is 1. The van der Waals surface area contributed by atoms with Gasteiger partial charge in [-0.2, -0.15) is 5.48 Å². The summed E-state index contributed by atoms with van der Waals surface area (Å²) in [6.07, 6.45) is 0. The van der Waals surface area contributed by atoms with E-state index in [0.717, 1.165) is 0 Å². The second kappa shape index (κ2) is 6.95. The number of hydrogen-bond donors (Lipinski definition) is 2. The fourth-order valence-electron chi connectivity index (χ4n) is 0.579. The van der Waals surface area contributed by atoms with E-state index in [2.05, 4.69) is 10.3 Å². The predicted molar refractivity (Wildman–Crippen MR) is 39.5 cm³/mol. The molecule has 0 aliphatic carbocycles. The third-order valence-electron chi connectivity index (χ3n) is 0.949. The van der Waals surface area contributed by atoms with Crippen LogP contribution in [-0.4, -0.2) is 32.9 Å². The van der Waals surface area contributed by atoms with Gasteiger partial charge in [-0.05, 0) is 6.92 Å². The summed E-state index contributed by atoms with van der Waals surface area (Å²) in [5.74, 6) is 0. The summed E-state index contributed by atoms with van der Waals surface area (Å²) in [7, 11) is 1.58. The highest BCUT2D eigenvalue weighted by molar-refractivity contribution is 4.50. The van der Waals surface area contributed by atoms with Crippen LogP contribution in [0.4, 0.5) is 0 Å². The molecule has 0 aromatic heterocycles. The number of rotatable bonds is 6. The number of nitrogens with one attached hydrogen (secondary N) is 1. The molecule has 10 heavy (non-hydrogen) atoms. The van der Waals surface area contributed by atoms with E-state index in [4.69, 9.17) is 10.5 Å². The predicted octanol–water partition coefficient (Wildman–Crippen LogP) is -0.499. The van der Waals surface area contributed by atoms with Crippen molar-refractivity contribution >= 4 is 0 Å². The molecule has 3 N–H and O–H groups in total. The van der Waals surface area contributed by atoms with Crippen LogP contribution in [0.5, 0.6) is 0 Å². The van der Waals surface area contributed by atoms with Gasteiger partial charge in [-0.1, -0.05) is 0 Å². The third-order valence-corrected chi connectivity index (χ3v) is 0.949. The zero-order chi connectivity index (χ0) is 7.82. The molecule has 1 atom stereocenters. The van der Waals surface area contributed by atoms with Crippen molar-refractivity contribution in [1.82, 2.24) is 5.48 Å². The van der Waals surface area contributed by atoms with Crippen molar-refractivity contribution in [3.63, 3.8) is 0 Å². The summed E-state index contributed by atoms with van der Waals surface area (Å²) in [6.45, 7) is 3.78. The Labute approximate surface area is 61.6 Å². The molecule has 62 valence electrons. The highest BCUT2D eigenvalue weighted by Gasteiger charge is 1.97. The van der Waals surface area contributed by atoms with E-state index >= 15 is 0 Å². The van der Waals surface area contributed by atoms with Crippen LogP contribution in [-0.2, 0) is 9.57 Å². The lowest BCUT2D eigenvalue weighted by Crippen LogP contribution is -2.30. The topological polar surface area (TPSA) is 56.5 Å². The molecule has 0 aromatic carbocycles. The lowest BCUT2D eigenvalue weighted by Gasteiger charge is -2.10. The van der Waals surface area contributed by atoms with E-state index in [1.165, 1.54) is 0 Å². The summed E-state index contributed by atoms with van der Waals surface area (Å²) in [4.78, 5) is 4.67. The van der Waals surface area contributed by atoms with Gasteiger partial charge in [0.2, 0.25) is 0 Å². The van der Waals surface area contributed by atoms with Gasteiger partial charge in [0.15, 0.2) is 0 Å². The molecule has 0 rings (SSSR count). The average molecular weight is 148 g/mol. The van der Waals surface area contributed by atoms with Gasteiger partial charge in [0, 0.05) is 6.54 Å². The van der Waals surface area contributed by atoms with Gasteiger partial charge in [0.1, 0.15) is 0 Å². The Kier molecular flexibility index (Phi) is 6.84. The standard InChI is InChI=1S/C6H16N2O2/c1-6(8-9-2)5-10-4-3-7/h6,8H,3-5,7H2,1-2H3. The zero-order valence-corrected chi connectivity index (χ0v) is 6.59. The molecule has 0 saturated carbocycles. The van der Waals surface area contributed by atoms with Crippen LogP contribution in [0.1, 0.15) is 6.92 Å². The maximum Gasteiger partial charge on any atom is 0.0640 e. The monoisotopic (exact) mass is 148 g/mol. The molecule has 0 heterocycles. The smallest absolute Gasteiger partial charge is 0.0640 e. The summed E-state index contributed by atoms with van der Waals surface area (Å²) < 4.78 is 5.13. The molecule has 0 aromatic rings. The summed E-state index contributed by atoms with van der Waals surface area (Å²) in [5.41, 5.74) is 7.95. The van der Waals surface area contributed by atoms with E-state index in [1.807, 2.05) is 6.92 Å². The lowest BCUT2D eigenvalue weighted by molar-refractivity contribution is 0.0253. The van der Waals surface area contributed by atoms with Crippen molar-refractivity contribution < 1.29 is 9.57 Å². The minimum atomic E-state index is 0.219. The van der Waals surface area contributed by atoms with Gasteiger partial charge in [-0.3, -0.25) is 0 Å². The first kappa shape index (κ1) is 9.84. The van der Waals surface area contributed by atoms with Crippen molar-refractivity contribution in [2.24, 2.45) is 5.73 Å². The fraction of sp³-hybridized carbons (Fsp3) is 1.00. The van der Waals surface area contributed by atoms with E-state index < -0.39 is 0 Å². The number of ether oxygens (including phenoxy) is 1. The van der Waals surface area contributed by atoms with Crippen molar-refractivity contribution in [1.29, 1.82) is 0 Å². The first-order chi connectivity index (χ1) is 4.81. The van der Waals surface area contributed by atoms with Gasteiger partial charge in [-0.25, -0.2) is 0 Å². The molecule has 4 nitrogen and oxygen atoms in total. The Morgan fingerprint density at radius 2 is 2.30 bits per heavy atom. The van der Waals surface area contributed by atoms with Gasteiger partial charge in [0.25, 0.3) is 0 Å². The van der Waals surface area contributed by atoms with Crippen molar-refractivity contribution in [3.8, 4) is 0 Å². The molecule has 0 spiro atoms. The molecule has 4 heteroatoms. The molecule has 0 fully saturated rings. The van der Waals surface area contributed by atoms with E-state index in [1.54, 1.807) is 7.11 Å². The van der Waals surface area contributed by atoms with Crippen LogP contribution in [0.15, 0.2) is 0 Å². The Morgan fingerprint density at radius 3 is 2.80 bits per heavy atom. The van der Waals surface area contributed by atoms with Crippen molar-refractivity contribution in [2.75, 3.05) is 26.9 Å². The average Bonchev–Trinajstić information content (AvgIpc) is 1.89. The summed E-state index contributed by atoms with van der Waals surface area (Å²) >= 11 is 0. The van der Waals surface area contributed by atoms with Gasteiger partial charge >= 0.3 is 0 Å². The van der Waals surface area contributed by atoms with E-state index in [0.29, 0.717) is 19.8 Å². The van der Waals surface area contributed by atoms with Crippen LogP contribution in [0.3, 0.4) is 0 Å². The maximum absolute atomic E-state index is 5.21. The molecule has 0 radical (unpaired) electrons. The quantitative estimate of drug-likeness (QED) is 0.394. The fourth-order valence-corrected chi connectivity index (χ4v) is 0.579. The van der Waals surface area contributed by atoms with Gasteiger partial charge in [0.05, 0.1) is 26.4 Å². The van der Waals surface area contributed by atoms with Crippen LogP contribution < -0.4 is 11.2 Å². The highest BCUT2D eigenvalue weighted by atomic mass is 16.6. The number of hydroxylamine groups is 1. The van der Waals surface area contributed by atoms with E-state index in [9.17, 15) is 0 Å². The first-order valence-electron chi connectivity index (χ1n) is 3.37. The van der Waals surface area contributed by atoms with Crippen molar-refractivity contribution in [2.45, 2.75) is 13.0 Å². The molecule has 1 unspecified atom stereocenters. The van der Waals surface area contributed by atoms with Crippen LogP contribution in [0.2, 0.25) is 0 Å². The maximum atomic E-state index is 5.21. The van der Waals surface area contributed by atoms with Crippen LogP contribution >= 0.6 is 0 Å². The van der Waals surface area contributed by atoms with Crippen molar-refractivity contribution in [3.05, 3.63) is 0 Å². The summed E-state index contributed by atoms with van der Waals surface area (Å²) in [5, 5.41) is 0. The molecular weight excluding hydrogens is 132 g/mol. The second-order valence-corrected chi connectivity index (χ2v) is 2.09. The molecule has 0 saturated heterocycles. The molecular formula is C6H16N2O2. The molecule has 0 aliphatic rings. The van der Waals surface area contributed by atoms with Gasteiger partial charge in [-0.15, -0.1) is 0 Å². The van der Waals surface area contributed by atoms with Crippen LogP contribution in [0.25, 0.3) is 0 Å². The Balaban J connectivity index is 2.97. The Hall–Kier alpha value is -0.160. The highest BCUT2D eigenvalue weighted by Crippen LogP contribution is 1.82. The largest absolute Gasteiger partial charge is 0.378 e. The third kappa shape index (κ3) is 5.97. The summed E-state index contributed by atoms with van der Waals surface area (Å²) in [6, 6.07) is 0.219.